The first-order valence-electron chi connectivity index (χ1n) is 9.52. The third-order valence-electron chi connectivity index (χ3n) is 5.32. The summed E-state index contributed by atoms with van der Waals surface area (Å²) < 4.78 is 7.28. The average molecular weight is 375 g/mol. The number of nitrogens with zero attached hydrogens (tertiary/aromatic N) is 4. The second kappa shape index (κ2) is 7.09. The highest BCUT2D eigenvalue weighted by atomic mass is 16.5. The van der Waals surface area contributed by atoms with Crippen molar-refractivity contribution in [1.29, 1.82) is 0 Å². The fourth-order valence-electron chi connectivity index (χ4n) is 3.98. The van der Waals surface area contributed by atoms with Crippen LogP contribution in [0, 0.1) is 0 Å². The smallest absolute Gasteiger partial charge is 0.226 e. The molecule has 0 unspecified atom stereocenters. The standard InChI is InChI=1S/C21H21N5O2/c27-19-13-17(16-7-4-8-22-20(16)25-9-11-28-12-10-25)18-14-23-26(21(18)24-19)15-5-2-1-3-6-15/h1-8,14,17H,9-13H2,(H,24,27)/t17-/m1/s1. The van der Waals surface area contributed by atoms with Crippen LogP contribution in [0.4, 0.5) is 11.6 Å². The van der Waals surface area contributed by atoms with E-state index in [1.165, 1.54) is 0 Å². The van der Waals surface area contributed by atoms with Gasteiger partial charge in [0.1, 0.15) is 11.6 Å². The summed E-state index contributed by atoms with van der Waals surface area (Å²) in [5, 5.41) is 7.58. The first-order chi connectivity index (χ1) is 13.8. The minimum Gasteiger partial charge on any atom is -0.378 e. The molecule has 0 saturated carbocycles. The number of nitrogens with one attached hydrogen (secondary N) is 1. The second-order valence-electron chi connectivity index (χ2n) is 7.02. The van der Waals surface area contributed by atoms with Crippen molar-refractivity contribution in [2.24, 2.45) is 0 Å². The molecule has 142 valence electrons. The summed E-state index contributed by atoms with van der Waals surface area (Å²) in [6.07, 6.45) is 4.06. The van der Waals surface area contributed by atoms with Crippen LogP contribution in [0.25, 0.3) is 5.69 Å². The third-order valence-corrected chi connectivity index (χ3v) is 5.32. The van der Waals surface area contributed by atoms with E-state index in [9.17, 15) is 4.79 Å². The number of anilines is 2. The Hall–Kier alpha value is -3.19. The summed E-state index contributed by atoms with van der Waals surface area (Å²) in [5.41, 5.74) is 3.00. The van der Waals surface area contributed by atoms with Crippen LogP contribution in [-0.4, -0.2) is 47.0 Å². The van der Waals surface area contributed by atoms with Crippen LogP contribution in [0.2, 0.25) is 0 Å². The molecule has 3 aromatic rings. The van der Waals surface area contributed by atoms with E-state index in [1.54, 1.807) is 4.68 Å². The van der Waals surface area contributed by atoms with Crippen LogP contribution in [0.15, 0.2) is 54.9 Å². The zero-order valence-electron chi connectivity index (χ0n) is 15.4. The topological polar surface area (TPSA) is 72.3 Å². The molecule has 0 bridgehead atoms. The Bertz CT molecular complexity index is 995. The van der Waals surface area contributed by atoms with Gasteiger partial charge in [-0.15, -0.1) is 0 Å². The normalized spacial score (nSPS) is 19.2. The molecule has 1 aromatic carbocycles. The Morgan fingerprint density at radius 1 is 1.04 bits per heavy atom. The van der Waals surface area contributed by atoms with Gasteiger partial charge in [0.15, 0.2) is 0 Å². The lowest BCUT2D eigenvalue weighted by molar-refractivity contribution is -0.116. The first kappa shape index (κ1) is 16.9. The second-order valence-corrected chi connectivity index (χ2v) is 7.02. The summed E-state index contributed by atoms with van der Waals surface area (Å²) in [5.74, 6) is 1.59. The lowest BCUT2D eigenvalue weighted by Crippen LogP contribution is -2.38. The third kappa shape index (κ3) is 2.93. The number of para-hydroxylation sites is 1. The highest BCUT2D eigenvalue weighted by Crippen LogP contribution is 2.40. The molecule has 5 rings (SSSR count). The van der Waals surface area contributed by atoms with E-state index in [-0.39, 0.29) is 11.8 Å². The van der Waals surface area contributed by atoms with E-state index in [0.29, 0.717) is 19.6 Å². The van der Waals surface area contributed by atoms with Crippen molar-refractivity contribution >= 4 is 17.5 Å². The number of aromatic nitrogens is 3. The molecule has 1 saturated heterocycles. The van der Waals surface area contributed by atoms with Gasteiger partial charge in [-0.3, -0.25) is 4.79 Å². The van der Waals surface area contributed by atoms with Crippen molar-refractivity contribution < 1.29 is 9.53 Å². The average Bonchev–Trinajstić information content (AvgIpc) is 3.18. The van der Waals surface area contributed by atoms with Crippen LogP contribution in [0.3, 0.4) is 0 Å². The molecule has 1 atom stereocenters. The van der Waals surface area contributed by atoms with E-state index in [2.05, 4.69) is 26.4 Å². The summed E-state index contributed by atoms with van der Waals surface area (Å²) in [6, 6.07) is 13.9. The van der Waals surface area contributed by atoms with Crippen molar-refractivity contribution in [3.8, 4) is 5.69 Å². The number of carbonyl (C=O) groups excluding carboxylic acids is 1. The summed E-state index contributed by atoms with van der Waals surface area (Å²) in [7, 11) is 0. The number of amides is 1. The molecule has 2 aliphatic heterocycles. The van der Waals surface area contributed by atoms with Crippen LogP contribution >= 0.6 is 0 Å². The fourth-order valence-corrected chi connectivity index (χ4v) is 3.98. The minimum absolute atomic E-state index is 0.00744. The first-order valence-corrected chi connectivity index (χ1v) is 9.52. The van der Waals surface area contributed by atoms with Gasteiger partial charge in [0.25, 0.3) is 0 Å². The quantitative estimate of drug-likeness (QED) is 0.762. The van der Waals surface area contributed by atoms with Crippen molar-refractivity contribution in [2.75, 3.05) is 36.5 Å². The number of rotatable bonds is 3. The molecule has 28 heavy (non-hydrogen) atoms. The number of fused-ring (bicyclic) bond motifs is 1. The molecule has 0 radical (unpaired) electrons. The van der Waals surface area contributed by atoms with E-state index in [1.807, 2.05) is 48.8 Å². The Labute approximate surface area is 163 Å². The van der Waals surface area contributed by atoms with Crippen LogP contribution in [-0.2, 0) is 9.53 Å². The van der Waals surface area contributed by atoms with Gasteiger partial charge < -0.3 is 15.0 Å². The maximum Gasteiger partial charge on any atom is 0.226 e. The Morgan fingerprint density at radius 2 is 1.86 bits per heavy atom. The maximum absolute atomic E-state index is 12.6. The number of ether oxygens (including phenoxy) is 1. The Kier molecular flexibility index (Phi) is 4.29. The van der Waals surface area contributed by atoms with E-state index in [4.69, 9.17) is 4.74 Å². The lowest BCUT2D eigenvalue weighted by Gasteiger charge is -2.32. The number of hydrogen-bond donors (Lipinski definition) is 1. The van der Waals surface area contributed by atoms with Crippen LogP contribution in [0.5, 0.6) is 0 Å². The Morgan fingerprint density at radius 3 is 2.68 bits per heavy atom. The molecule has 7 heteroatoms. The van der Waals surface area contributed by atoms with Gasteiger partial charge in [-0.2, -0.15) is 5.10 Å². The molecule has 1 amide bonds. The van der Waals surface area contributed by atoms with Crippen molar-refractivity contribution in [3.63, 3.8) is 0 Å². The van der Waals surface area contributed by atoms with E-state index >= 15 is 0 Å². The maximum atomic E-state index is 12.6. The van der Waals surface area contributed by atoms with Crippen molar-refractivity contribution in [2.45, 2.75) is 12.3 Å². The van der Waals surface area contributed by atoms with Crippen LogP contribution in [0.1, 0.15) is 23.5 Å². The molecule has 0 spiro atoms. The number of hydrogen-bond acceptors (Lipinski definition) is 5. The van der Waals surface area contributed by atoms with E-state index in [0.717, 1.165) is 41.5 Å². The van der Waals surface area contributed by atoms with Gasteiger partial charge in [-0.05, 0) is 18.2 Å². The van der Waals surface area contributed by atoms with Gasteiger partial charge in [0.2, 0.25) is 5.91 Å². The predicted molar refractivity (Wildman–Crippen MR) is 106 cm³/mol. The highest BCUT2D eigenvalue weighted by molar-refractivity contribution is 5.95. The van der Waals surface area contributed by atoms with Gasteiger partial charge in [-0.25, -0.2) is 9.67 Å². The Balaban J connectivity index is 1.59. The number of carbonyl (C=O) groups is 1. The van der Waals surface area contributed by atoms with Gasteiger partial charge >= 0.3 is 0 Å². The van der Waals surface area contributed by atoms with E-state index < -0.39 is 0 Å². The molecular weight excluding hydrogens is 354 g/mol. The van der Waals surface area contributed by atoms with Gasteiger partial charge in [0.05, 0.1) is 25.1 Å². The zero-order chi connectivity index (χ0) is 18.9. The number of pyridine rings is 1. The van der Waals surface area contributed by atoms with Gasteiger partial charge in [0, 0.05) is 42.8 Å². The van der Waals surface area contributed by atoms with Crippen molar-refractivity contribution in [1.82, 2.24) is 14.8 Å². The monoisotopic (exact) mass is 375 g/mol. The molecule has 1 N–H and O–H groups in total. The zero-order valence-corrected chi connectivity index (χ0v) is 15.4. The molecule has 4 heterocycles. The summed E-state index contributed by atoms with van der Waals surface area (Å²) in [6.45, 7) is 2.99. The molecular formula is C21H21N5O2. The van der Waals surface area contributed by atoms with Gasteiger partial charge in [-0.1, -0.05) is 24.3 Å². The highest BCUT2D eigenvalue weighted by Gasteiger charge is 2.33. The summed E-state index contributed by atoms with van der Waals surface area (Å²) >= 11 is 0. The SMILES string of the molecule is O=C1C[C@H](c2cccnc2N2CCOCC2)c2cnn(-c3ccccc3)c2N1. The molecule has 7 nitrogen and oxygen atoms in total. The molecule has 2 aromatic heterocycles. The largest absolute Gasteiger partial charge is 0.378 e. The molecule has 1 fully saturated rings. The van der Waals surface area contributed by atoms with Crippen LogP contribution < -0.4 is 10.2 Å². The summed E-state index contributed by atoms with van der Waals surface area (Å²) in [4.78, 5) is 19.5. The lowest BCUT2D eigenvalue weighted by atomic mass is 9.87. The predicted octanol–water partition coefficient (Wildman–Crippen LogP) is 2.58. The molecule has 2 aliphatic rings. The number of benzene rings is 1. The minimum atomic E-state index is -0.0762. The number of morpholine rings is 1. The molecule has 0 aliphatic carbocycles. The van der Waals surface area contributed by atoms with Crippen molar-refractivity contribution in [3.05, 3.63) is 66.0 Å². The fraction of sp³-hybridized carbons (Fsp3) is 0.286.